The van der Waals surface area contributed by atoms with Crippen molar-refractivity contribution in [1.82, 2.24) is 3.97 Å². The molecule has 3 rings (SSSR count). The van der Waals surface area contributed by atoms with E-state index in [1.165, 1.54) is 10.2 Å². The zero-order valence-corrected chi connectivity index (χ0v) is 18.1. The Balaban J connectivity index is 2.07. The molecule has 0 aliphatic heterocycles. The standard InChI is InChI=1S/C23H27NO5S/c1-3-5-6-17-7-11-20(12-8-17)30(27,28)24-16-18(9-14-23(25)26)21-13-10-19(29-4-2)15-22(21)24/h7-8,10-13,15-16H,3-6,9,14H2,1-2H3,(H,25,26). The van der Waals surface area contributed by atoms with Crippen LogP contribution in [0.3, 0.4) is 0 Å². The van der Waals surface area contributed by atoms with E-state index in [1.807, 2.05) is 19.1 Å². The van der Waals surface area contributed by atoms with E-state index in [4.69, 9.17) is 9.84 Å². The van der Waals surface area contributed by atoms with E-state index >= 15 is 0 Å². The van der Waals surface area contributed by atoms with E-state index in [9.17, 15) is 13.2 Å². The Morgan fingerprint density at radius 1 is 1.07 bits per heavy atom. The summed E-state index contributed by atoms with van der Waals surface area (Å²) in [6.07, 6.45) is 4.76. The average Bonchev–Trinajstić information content (AvgIpc) is 3.10. The fourth-order valence-electron chi connectivity index (χ4n) is 3.46. The third-order valence-electron chi connectivity index (χ3n) is 5.04. The molecule has 0 aliphatic carbocycles. The third kappa shape index (κ3) is 4.67. The molecule has 30 heavy (non-hydrogen) atoms. The maximum atomic E-state index is 13.4. The molecule has 0 radical (unpaired) electrons. The quantitative estimate of drug-likeness (QED) is 0.508. The molecule has 0 saturated heterocycles. The van der Waals surface area contributed by atoms with Gasteiger partial charge in [0.1, 0.15) is 5.75 Å². The van der Waals surface area contributed by atoms with Crippen LogP contribution in [-0.2, 0) is 27.7 Å². The van der Waals surface area contributed by atoms with Gasteiger partial charge in [-0.05, 0) is 61.6 Å². The minimum atomic E-state index is -3.84. The number of ether oxygens (including phenoxy) is 1. The molecule has 0 atom stereocenters. The van der Waals surface area contributed by atoms with E-state index in [2.05, 4.69) is 6.92 Å². The van der Waals surface area contributed by atoms with Crippen LogP contribution in [0.2, 0.25) is 0 Å². The van der Waals surface area contributed by atoms with Crippen LogP contribution < -0.4 is 4.74 Å². The van der Waals surface area contributed by atoms with Gasteiger partial charge in [0.05, 0.1) is 17.0 Å². The number of carboxylic acids is 1. The molecule has 0 bridgehead atoms. The van der Waals surface area contributed by atoms with Crippen molar-refractivity contribution in [2.24, 2.45) is 0 Å². The topological polar surface area (TPSA) is 85.6 Å². The number of nitrogens with zero attached hydrogens (tertiary/aromatic N) is 1. The maximum absolute atomic E-state index is 13.4. The number of unbranched alkanes of at least 4 members (excludes halogenated alkanes) is 1. The van der Waals surface area contributed by atoms with Gasteiger partial charge in [-0.25, -0.2) is 12.4 Å². The molecule has 0 amide bonds. The molecule has 0 spiro atoms. The van der Waals surface area contributed by atoms with Gasteiger partial charge in [0.15, 0.2) is 0 Å². The Morgan fingerprint density at radius 2 is 1.80 bits per heavy atom. The highest BCUT2D eigenvalue weighted by molar-refractivity contribution is 7.90. The van der Waals surface area contributed by atoms with Crippen LogP contribution in [0.15, 0.2) is 53.6 Å². The molecule has 2 aromatic carbocycles. The number of carboxylic acid groups (broad SMARTS) is 1. The van der Waals surface area contributed by atoms with Crippen molar-refractivity contribution in [3.63, 3.8) is 0 Å². The first-order valence-corrected chi connectivity index (χ1v) is 11.6. The Morgan fingerprint density at radius 3 is 2.43 bits per heavy atom. The summed E-state index contributed by atoms with van der Waals surface area (Å²) in [6, 6.07) is 12.2. The number of carbonyl (C=O) groups is 1. The molecular formula is C23H27NO5S. The van der Waals surface area contributed by atoms with E-state index < -0.39 is 16.0 Å². The lowest BCUT2D eigenvalue weighted by Crippen LogP contribution is -2.12. The number of aryl methyl sites for hydroxylation is 2. The van der Waals surface area contributed by atoms with Crippen molar-refractivity contribution >= 4 is 26.9 Å². The van der Waals surface area contributed by atoms with Crippen LogP contribution in [-0.4, -0.2) is 30.1 Å². The van der Waals surface area contributed by atoms with Crippen LogP contribution >= 0.6 is 0 Å². The molecule has 1 heterocycles. The van der Waals surface area contributed by atoms with Gasteiger partial charge < -0.3 is 9.84 Å². The first kappa shape index (κ1) is 21.9. The molecule has 0 unspecified atom stereocenters. The highest BCUT2D eigenvalue weighted by Crippen LogP contribution is 2.30. The second-order valence-corrected chi connectivity index (χ2v) is 9.02. The molecule has 1 N–H and O–H groups in total. The second kappa shape index (κ2) is 9.34. The molecular weight excluding hydrogens is 402 g/mol. The van der Waals surface area contributed by atoms with Gasteiger partial charge in [-0.15, -0.1) is 0 Å². The van der Waals surface area contributed by atoms with Gasteiger partial charge >= 0.3 is 5.97 Å². The van der Waals surface area contributed by atoms with E-state index in [0.29, 0.717) is 28.8 Å². The van der Waals surface area contributed by atoms with Crippen LogP contribution in [0, 0.1) is 0 Å². The lowest BCUT2D eigenvalue weighted by molar-refractivity contribution is -0.136. The lowest BCUT2D eigenvalue weighted by atomic mass is 10.1. The molecule has 1 aromatic heterocycles. The van der Waals surface area contributed by atoms with Crippen molar-refractivity contribution in [2.75, 3.05) is 6.61 Å². The lowest BCUT2D eigenvalue weighted by Gasteiger charge is -2.10. The summed E-state index contributed by atoms with van der Waals surface area (Å²) in [5, 5.41) is 9.76. The number of aromatic nitrogens is 1. The van der Waals surface area contributed by atoms with Crippen molar-refractivity contribution < 1.29 is 23.1 Å². The van der Waals surface area contributed by atoms with Crippen molar-refractivity contribution in [2.45, 2.75) is 50.8 Å². The monoisotopic (exact) mass is 429 g/mol. The number of benzene rings is 2. The normalized spacial score (nSPS) is 11.7. The van der Waals surface area contributed by atoms with Gasteiger partial charge in [-0.2, -0.15) is 0 Å². The summed E-state index contributed by atoms with van der Waals surface area (Å²) in [5.74, 6) is -0.355. The molecule has 160 valence electrons. The van der Waals surface area contributed by atoms with Crippen LogP contribution in [0.1, 0.15) is 44.2 Å². The SMILES string of the molecule is CCCCc1ccc(S(=O)(=O)n2cc(CCC(=O)O)c3ccc(OCC)cc32)cc1. The molecule has 0 fully saturated rings. The van der Waals surface area contributed by atoms with Gasteiger partial charge in [-0.1, -0.05) is 25.5 Å². The van der Waals surface area contributed by atoms with Crippen LogP contribution in [0.5, 0.6) is 5.75 Å². The number of hydrogen-bond donors (Lipinski definition) is 1. The molecule has 0 aliphatic rings. The molecule has 7 heteroatoms. The van der Waals surface area contributed by atoms with Gasteiger partial charge in [0, 0.05) is 24.1 Å². The number of rotatable bonds is 10. The highest BCUT2D eigenvalue weighted by atomic mass is 32.2. The maximum Gasteiger partial charge on any atom is 0.303 e. The average molecular weight is 430 g/mol. The first-order chi connectivity index (χ1) is 14.4. The molecule has 3 aromatic rings. The summed E-state index contributed by atoms with van der Waals surface area (Å²) in [4.78, 5) is 11.2. The minimum absolute atomic E-state index is 0.0709. The van der Waals surface area contributed by atoms with Crippen molar-refractivity contribution in [3.8, 4) is 5.75 Å². The number of aliphatic carboxylic acids is 1. The van der Waals surface area contributed by atoms with E-state index in [0.717, 1.165) is 24.8 Å². The summed E-state index contributed by atoms with van der Waals surface area (Å²) in [6.45, 7) is 4.44. The summed E-state index contributed by atoms with van der Waals surface area (Å²) >= 11 is 0. The number of fused-ring (bicyclic) bond motifs is 1. The van der Waals surface area contributed by atoms with Gasteiger partial charge in [0.2, 0.25) is 0 Å². The minimum Gasteiger partial charge on any atom is -0.494 e. The summed E-state index contributed by atoms with van der Waals surface area (Å²) in [5.41, 5.74) is 2.27. The largest absolute Gasteiger partial charge is 0.494 e. The Bertz CT molecular complexity index is 1130. The van der Waals surface area contributed by atoms with E-state index in [1.54, 1.807) is 30.3 Å². The molecule has 0 saturated carbocycles. The molecule has 6 nitrogen and oxygen atoms in total. The van der Waals surface area contributed by atoms with Crippen LogP contribution in [0.25, 0.3) is 10.9 Å². The van der Waals surface area contributed by atoms with E-state index in [-0.39, 0.29) is 17.7 Å². The highest BCUT2D eigenvalue weighted by Gasteiger charge is 2.22. The first-order valence-electron chi connectivity index (χ1n) is 10.2. The van der Waals surface area contributed by atoms with Gasteiger partial charge in [0.25, 0.3) is 10.0 Å². The summed E-state index contributed by atoms with van der Waals surface area (Å²) in [7, 11) is -3.84. The zero-order chi connectivity index (χ0) is 21.7. The summed E-state index contributed by atoms with van der Waals surface area (Å²) < 4.78 is 33.6. The van der Waals surface area contributed by atoms with Crippen molar-refractivity contribution in [3.05, 3.63) is 59.8 Å². The van der Waals surface area contributed by atoms with Crippen molar-refractivity contribution in [1.29, 1.82) is 0 Å². The number of hydrogen-bond acceptors (Lipinski definition) is 4. The Kier molecular flexibility index (Phi) is 6.82. The fraction of sp³-hybridized carbons (Fsp3) is 0.348. The predicted molar refractivity (Wildman–Crippen MR) is 117 cm³/mol. The van der Waals surface area contributed by atoms with Crippen LogP contribution in [0.4, 0.5) is 0 Å². The smallest absolute Gasteiger partial charge is 0.303 e. The fourth-order valence-corrected chi connectivity index (χ4v) is 4.85. The Labute approximate surface area is 177 Å². The third-order valence-corrected chi connectivity index (χ3v) is 6.73. The zero-order valence-electron chi connectivity index (χ0n) is 17.3. The predicted octanol–water partition coefficient (Wildman–Crippen LogP) is 4.64. The Hall–Kier alpha value is -2.80. The van der Waals surface area contributed by atoms with Gasteiger partial charge in [-0.3, -0.25) is 4.79 Å². The second-order valence-electron chi connectivity index (χ2n) is 7.21.